The van der Waals surface area contributed by atoms with Crippen LogP contribution >= 0.6 is 0 Å². The van der Waals surface area contributed by atoms with Gasteiger partial charge in [0.25, 0.3) is 0 Å². The van der Waals surface area contributed by atoms with E-state index in [1.165, 1.54) is 6.42 Å². The van der Waals surface area contributed by atoms with Gasteiger partial charge in [0.1, 0.15) is 17.6 Å². The van der Waals surface area contributed by atoms with Gasteiger partial charge in [-0.05, 0) is 43.2 Å². The van der Waals surface area contributed by atoms with Gasteiger partial charge in [0.15, 0.2) is 5.82 Å². The minimum absolute atomic E-state index is 0.485. The molecule has 0 amide bonds. The lowest BCUT2D eigenvalue weighted by Crippen LogP contribution is -2.05. The summed E-state index contributed by atoms with van der Waals surface area (Å²) in [5.74, 6) is 1.59. The number of benzene rings is 1. The minimum Gasteiger partial charge on any atom is -0.310 e. The Bertz CT molecular complexity index is 1260. The molecular weight excluding hydrogens is 386 g/mol. The maximum atomic E-state index is 9.98. The summed E-state index contributed by atoms with van der Waals surface area (Å²) in [6.07, 6.45) is 11.6. The monoisotopic (exact) mass is 407 g/mol. The summed E-state index contributed by atoms with van der Waals surface area (Å²) in [5.41, 5.74) is 3.92. The number of rotatable bonds is 4. The van der Waals surface area contributed by atoms with Crippen LogP contribution in [0.1, 0.15) is 36.5 Å². The van der Waals surface area contributed by atoms with Gasteiger partial charge in [-0.2, -0.15) is 10.4 Å². The molecule has 0 saturated heterocycles. The molecule has 31 heavy (non-hydrogen) atoms. The summed E-state index contributed by atoms with van der Waals surface area (Å²) in [5, 5.41) is 23.5. The standard InChI is InChI=1S/C24H21N7/c25-15-19(24-28-27-22-11-5-2-6-13-30(22)24)14-20-17-31(21-9-3-1-4-10-21)29-23(20)18-8-7-12-26-16-18/h1,3-4,7-10,12,14,16-17H,2,5-6,11,13H2/b19-14+. The molecule has 0 N–H and O–H groups in total. The van der Waals surface area contributed by atoms with Crippen LogP contribution < -0.4 is 0 Å². The van der Waals surface area contributed by atoms with Gasteiger partial charge in [-0.25, -0.2) is 4.68 Å². The van der Waals surface area contributed by atoms with Gasteiger partial charge in [0.05, 0.1) is 11.3 Å². The zero-order valence-electron chi connectivity index (χ0n) is 17.0. The van der Waals surface area contributed by atoms with Crippen molar-refractivity contribution in [1.82, 2.24) is 29.5 Å². The summed E-state index contributed by atoms with van der Waals surface area (Å²) in [6, 6.07) is 16.1. The van der Waals surface area contributed by atoms with Crippen molar-refractivity contribution < 1.29 is 0 Å². The molecule has 7 heteroatoms. The molecule has 0 saturated carbocycles. The first-order valence-electron chi connectivity index (χ1n) is 10.4. The zero-order valence-corrected chi connectivity index (χ0v) is 17.0. The molecule has 152 valence electrons. The molecule has 0 fully saturated rings. The number of hydrogen-bond acceptors (Lipinski definition) is 5. The van der Waals surface area contributed by atoms with E-state index in [1.54, 1.807) is 12.4 Å². The fourth-order valence-corrected chi connectivity index (χ4v) is 3.92. The Kier molecular flexibility index (Phi) is 5.11. The van der Waals surface area contributed by atoms with Gasteiger partial charge in [0, 0.05) is 42.7 Å². The molecule has 0 spiro atoms. The Morgan fingerprint density at radius 1 is 1.03 bits per heavy atom. The van der Waals surface area contributed by atoms with Gasteiger partial charge in [-0.1, -0.05) is 24.6 Å². The second-order valence-electron chi connectivity index (χ2n) is 7.53. The Balaban J connectivity index is 1.63. The maximum Gasteiger partial charge on any atom is 0.174 e. The second kappa shape index (κ2) is 8.36. The van der Waals surface area contributed by atoms with E-state index in [0.29, 0.717) is 11.4 Å². The van der Waals surface area contributed by atoms with Gasteiger partial charge in [-0.15, -0.1) is 10.2 Å². The molecule has 4 heterocycles. The lowest BCUT2D eigenvalue weighted by atomic mass is 10.1. The number of aromatic nitrogens is 6. The van der Waals surface area contributed by atoms with Gasteiger partial charge in [0.2, 0.25) is 0 Å². The van der Waals surface area contributed by atoms with E-state index in [-0.39, 0.29) is 0 Å². The van der Waals surface area contributed by atoms with Crippen LogP contribution in [0.3, 0.4) is 0 Å². The summed E-state index contributed by atoms with van der Waals surface area (Å²) in [6.45, 7) is 0.843. The number of para-hydroxylation sites is 1. The first kappa shape index (κ1) is 18.9. The van der Waals surface area contributed by atoms with Crippen molar-refractivity contribution in [3.05, 3.63) is 78.3 Å². The highest BCUT2D eigenvalue weighted by Crippen LogP contribution is 2.28. The third-order valence-corrected chi connectivity index (χ3v) is 5.47. The molecule has 1 aliphatic rings. The predicted molar refractivity (Wildman–Crippen MR) is 118 cm³/mol. The average molecular weight is 407 g/mol. The maximum absolute atomic E-state index is 9.98. The minimum atomic E-state index is 0.485. The lowest BCUT2D eigenvalue weighted by Gasteiger charge is -2.05. The molecule has 1 aliphatic heterocycles. The van der Waals surface area contributed by atoms with E-state index in [4.69, 9.17) is 5.10 Å². The summed E-state index contributed by atoms with van der Waals surface area (Å²) in [4.78, 5) is 4.24. The van der Waals surface area contributed by atoms with Crippen molar-refractivity contribution in [2.45, 2.75) is 32.2 Å². The van der Waals surface area contributed by atoms with Crippen molar-refractivity contribution in [1.29, 1.82) is 5.26 Å². The number of fused-ring (bicyclic) bond motifs is 1. The summed E-state index contributed by atoms with van der Waals surface area (Å²) < 4.78 is 3.92. The Labute approximate surface area is 180 Å². The summed E-state index contributed by atoms with van der Waals surface area (Å²) in [7, 11) is 0. The van der Waals surface area contributed by atoms with Crippen LogP contribution in [0.5, 0.6) is 0 Å². The van der Waals surface area contributed by atoms with Crippen LogP contribution in [0.25, 0.3) is 28.6 Å². The van der Waals surface area contributed by atoms with Crippen LogP contribution in [0, 0.1) is 11.3 Å². The number of nitrogens with zero attached hydrogens (tertiary/aromatic N) is 7. The fourth-order valence-electron chi connectivity index (χ4n) is 3.92. The third-order valence-electron chi connectivity index (χ3n) is 5.47. The molecule has 7 nitrogen and oxygen atoms in total. The third kappa shape index (κ3) is 3.76. The molecule has 5 rings (SSSR count). The highest BCUT2D eigenvalue weighted by molar-refractivity contribution is 5.90. The number of nitriles is 1. The van der Waals surface area contributed by atoms with Gasteiger partial charge < -0.3 is 4.57 Å². The zero-order chi connectivity index (χ0) is 21.0. The largest absolute Gasteiger partial charge is 0.310 e. The highest BCUT2D eigenvalue weighted by atomic mass is 15.3. The first-order valence-corrected chi connectivity index (χ1v) is 10.4. The number of pyridine rings is 1. The normalized spacial score (nSPS) is 14.0. The molecular formula is C24H21N7. The van der Waals surface area contributed by atoms with Crippen molar-refractivity contribution >= 4 is 11.6 Å². The molecule has 0 radical (unpaired) electrons. The van der Waals surface area contributed by atoms with Crippen LogP contribution in [0.15, 0.2) is 61.1 Å². The number of allylic oxidation sites excluding steroid dienone is 1. The van der Waals surface area contributed by atoms with E-state index in [9.17, 15) is 5.26 Å². The molecule has 0 atom stereocenters. The number of aryl methyl sites for hydroxylation is 1. The van der Waals surface area contributed by atoms with Crippen LogP contribution in [-0.2, 0) is 13.0 Å². The first-order chi connectivity index (χ1) is 15.3. The fraction of sp³-hybridized carbons (Fsp3) is 0.208. The second-order valence-corrected chi connectivity index (χ2v) is 7.53. The Hall–Kier alpha value is -4.05. The lowest BCUT2D eigenvalue weighted by molar-refractivity contribution is 0.627. The van der Waals surface area contributed by atoms with Crippen molar-refractivity contribution in [2.75, 3.05) is 0 Å². The predicted octanol–water partition coefficient (Wildman–Crippen LogP) is 4.32. The topological polar surface area (TPSA) is 85.2 Å². The van der Waals surface area contributed by atoms with E-state index in [0.717, 1.165) is 54.1 Å². The van der Waals surface area contributed by atoms with E-state index in [2.05, 4.69) is 25.8 Å². The van der Waals surface area contributed by atoms with Crippen molar-refractivity contribution in [3.63, 3.8) is 0 Å². The SMILES string of the molecule is N#C/C(=C\c1cn(-c2ccccc2)nc1-c1cccnc1)c1nnc2n1CCCCC2. The Morgan fingerprint density at radius 2 is 1.94 bits per heavy atom. The van der Waals surface area contributed by atoms with Gasteiger partial charge >= 0.3 is 0 Å². The molecule has 0 bridgehead atoms. The highest BCUT2D eigenvalue weighted by Gasteiger charge is 2.19. The van der Waals surface area contributed by atoms with Crippen molar-refractivity contribution in [3.8, 4) is 23.0 Å². The van der Waals surface area contributed by atoms with E-state index < -0.39 is 0 Å². The van der Waals surface area contributed by atoms with Crippen LogP contribution in [0.4, 0.5) is 0 Å². The van der Waals surface area contributed by atoms with E-state index in [1.807, 2.05) is 59.4 Å². The van der Waals surface area contributed by atoms with Gasteiger partial charge in [-0.3, -0.25) is 4.98 Å². The smallest absolute Gasteiger partial charge is 0.174 e. The number of hydrogen-bond donors (Lipinski definition) is 0. The summed E-state index contributed by atoms with van der Waals surface area (Å²) >= 11 is 0. The van der Waals surface area contributed by atoms with E-state index >= 15 is 0 Å². The average Bonchev–Trinajstić information content (AvgIpc) is 3.35. The van der Waals surface area contributed by atoms with Crippen LogP contribution in [-0.4, -0.2) is 29.5 Å². The van der Waals surface area contributed by atoms with Crippen LogP contribution in [0.2, 0.25) is 0 Å². The molecule has 3 aromatic heterocycles. The molecule has 0 aliphatic carbocycles. The Morgan fingerprint density at radius 3 is 2.74 bits per heavy atom. The molecule has 0 unspecified atom stereocenters. The molecule has 1 aromatic carbocycles. The quantitative estimate of drug-likeness (QED) is 0.471. The molecule has 4 aromatic rings. The van der Waals surface area contributed by atoms with Crippen molar-refractivity contribution in [2.24, 2.45) is 0 Å².